The van der Waals surface area contributed by atoms with Gasteiger partial charge in [0.1, 0.15) is 0 Å². The fraction of sp³-hybridized carbons (Fsp3) is 0.444. The molecule has 0 bridgehead atoms. The van der Waals surface area contributed by atoms with Crippen LogP contribution in [0.25, 0.3) is 16.2 Å². The molecule has 5 rings (SSSR count). The van der Waals surface area contributed by atoms with Crippen molar-refractivity contribution < 1.29 is 9.53 Å². The van der Waals surface area contributed by atoms with Gasteiger partial charge in [0.05, 0.1) is 24.4 Å². The number of anilines is 1. The van der Waals surface area contributed by atoms with Crippen molar-refractivity contribution in [3.8, 4) is 11.3 Å². The first-order chi connectivity index (χ1) is 12.7. The van der Waals surface area contributed by atoms with E-state index in [1.807, 2.05) is 22.8 Å². The summed E-state index contributed by atoms with van der Waals surface area (Å²) in [6.45, 7) is 1.55. The molecule has 3 aromatic heterocycles. The third kappa shape index (κ3) is 2.25. The molecule has 8 heteroatoms. The first-order valence-electron chi connectivity index (χ1n) is 8.79. The molecular formula is C18H19N5O2S. The highest BCUT2D eigenvalue weighted by Crippen LogP contribution is 2.50. The van der Waals surface area contributed by atoms with Gasteiger partial charge >= 0.3 is 5.97 Å². The number of hydrogen-bond acceptors (Lipinski definition) is 7. The van der Waals surface area contributed by atoms with E-state index >= 15 is 0 Å². The second-order valence-corrected chi connectivity index (χ2v) is 8.03. The van der Waals surface area contributed by atoms with Crippen LogP contribution in [-0.2, 0) is 9.53 Å². The van der Waals surface area contributed by atoms with E-state index in [0.717, 1.165) is 47.2 Å². The topological polar surface area (TPSA) is 72.6 Å². The largest absolute Gasteiger partial charge is 0.469 e. The molecule has 1 aliphatic carbocycles. The van der Waals surface area contributed by atoms with E-state index in [2.05, 4.69) is 14.9 Å². The summed E-state index contributed by atoms with van der Waals surface area (Å²) in [6, 6.07) is 3.89. The normalized spacial score (nSPS) is 25.0. The summed E-state index contributed by atoms with van der Waals surface area (Å²) in [5.41, 5.74) is 1.49. The monoisotopic (exact) mass is 369 g/mol. The van der Waals surface area contributed by atoms with Gasteiger partial charge in [-0.25, -0.2) is 9.50 Å². The molecule has 7 nitrogen and oxygen atoms in total. The van der Waals surface area contributed by atoms with E-state index in [1.54, 1.807) is 23.7 Å². The highest BCUT2D eigenvalue weighted by Gasteiger charge is 2.56. The van der Waals surface area contributed by atoms with Crippen molar-refractivity contribution in [2.24, 2.45) is 11.3 Å². The van der Waals surface area contributed by atoms with E-state index in [0.29, 0.717) is 12.5 Å². The Morgan fingerprint density at radius 1 is 1.46 bits per heavy atom. The number of fused-ring (bicyclic) bond motifs is 2. The summed E-state index contributed by atoms with van der Waals surface area (Å²) in [6.07, 6.45) is 8.57. The lowest BCUT2D eigenvalue weighted by molar-refractivity contribution is -0.152. The average Bonchev–Trinajstić information content (AvgIpc) is 3.38. The van der Waals surface area contributed by atoms with E-state index in [1.165, 1.54) is 7.11 Å². The highest BCUT2D eigenvalue weighted by atomic mass is 32.1. The Labute approximate surface area is 154 Å². The molecule has 3 aromatic rings. The number of pyridine rings is 1. The predicted molar refractivity (Wildman–Crippen MR) is 98.1 cm³/mol. The van der Waals surface area contributed by atoms with Crippen LogP contribution in [0.5, 0.6) is 0 Å². The molecule has 134 valence electrons. The Bertz CT molecular complexity index is 937. The van der Waals surface area contributed by atoms with Crippen LogP contribution in [0.15, 0.2) is 30.7 Å². The van der Waals surface area contributed by atoms with Crippen LogP contribution >= 0.6 is 11.3 Å². The Hall–Kier alpha value is -2.48. The van der Waals surface area contributed by atoms with Gasteiger partial charge in [-0.15, -0.1) is 5.10 Å². The molecule has 2 fully saturated rings. The molecule has 0 radical (unpaired) electrons. The molecule has 0 amide bonds. The number of nitrogens with zero attached hydrogens (tertiary/aromatic N) is 5. The lowest BCUT2D eigenvalue weighted by Gasteiger charge is -2.25. The molecular weight excluding hydrogens is 350 g/mol. The first-order valence-corrected chi connectivity index (χ1v) is 9.61. The van der Waals surface area contributed by atoms with E-state index in [-0.39, 0.29) is 11.4 Å². The smallest absolute Gasteiger partial charge is 0.313 e. The van der Waals surface area contributed by atoms with E-state index in [4.69, 9.17) is 9.84 Å². The highest BCUT2D eigenvalue weighted by molar-refractivity contribution is 7.20. The minimum Gasteiger partial charge on any atom is -0.469 e. The number of carbonyl (C=O) groups excluding carboxylic acids is 1. The average molecular weight is 369 g/mol. The molecule has 1 saturated heterocycles. The quantitative estimate of drug-likeness (QED) is 0.661. The third-order valence-electron chi connectivity index (χ3n) is 5.72. The number of methoxy groups -OCH3 is 1. The number of esters is 1. The van der Waals surface area contributed by atoms with Gasteiger partial charge in [0.25, 0.3) is 0 Å². The number of carbonyl (C=O) groups is 1. The zero-order valence-corrected chi connectivity index (χ0v) is 15.3. The van der Waals surface area contributed by atoms with Gasteiger partial charge in [0.15, 0.2) is 0 Å². The molecule has 1 saturated carbocycles. The first kappa shape index (κ1) is 15.7. The van der Waals surface area contributed by atoms with Gasteiger partial charge < -0.3 is 9.64 Å². The van der Waals surface area contributed by atoms with Crippen LogP contribution in [0, 0.1) is 11.3 Å². The second kappa shape index (κ2) is 5.77. The number of aromatic nitrogens is 4. The van der Waals surface area contributed by atoms with Gasteiger partial charge in [0, 0.05) is 31.0 Å². The maximum atomic E-state index is 12.4. The molecule has 0 aromatic carbocycles. The molecule has 1 aliphatic heterocycles. The van der Waals surface area contributed by atoms with Crippen molar-refractivity contribution in [2.45, 2.75) is 19.3 Å². The van der Waals surface area contributed by atoms with Gasteiger partial charge in [-0.3, -0.25) is 9.78 Å². The Balaban J connectivity index is 1.44. The maximum absolute atomic E-state index is 12.4. The van der Waals surface area contributed by atoms with Crippen molar-refractivity contribution in [1.82, 2.24) is 19.6 Å². The number of imidazole rings is 1. The minimum atomic E-state index is -0.358. The SMILES string of the molecule is COC(=O)C12CCCC1CN(c1nn3cc(-c4cccnc4)nc3s1)C2. The van der Waals surface area contributed by atoms with Crippen LogP contribution in [0.4, 0.5) is 5.13 Å². The summed E-state index contributed by atoms with van der Waals surface area (Å²) in [5.74, 6) is 0.292. The summed E-state index contributed by atoms with van der Waals surface area (Å²) in [4.78, 5) is 24.3. The summed E-state index contributed by atoms with van der Waals surface area (Å²) < 4.78 is 6.95. The van der Waals surface area contributed by atoms with Crippen LogP contribution in [0.3, 0.4) is 0 Å². The Morgan fingerprint density at radius 2 is 2.38 bits per heavy atom. The maximum Gasteiger partial charge on any atom is 0.313 e. The fourth-order valence-corrected chi connectivity index (χ4v) is 5.33. The van der Waals surface area contributed by atoms with Crippen LogP contribution in [-0.4, -0.2) is 45.8 Å². The van der Waals surface area contributed by atoms with E-state index in [9.17, 15) is 4.79 Å². The van der Waals surface area contributed by atoms with Crippen molar-refractivity contribution in [1.29, 1.82) is 0 Å². The van der Waals surface area contributed by atoms with Crippen molar-refractivity contribution in [2.75, 3.05) is 25.1 Å². The lowest BCUT2D eigenvalue weighted by Crippen LogP contribution is -2.36. The van der Waals surface area contributed by atoms with Crippen LogP contribution in [0.2, 0.25) is 0 Å². The van der Waals surface area contributed by atoms with Crippen molar-refractivity contribution >= 4 is 27.4 Å². The van der Waals surface area contributed by atoms with Gasteiger partial charge in [0.2, 0.25) is 10.1 Å². The predicted octanol–water partition coefficient (Wildman–Crippen LogP) is 2.63. The molecule has 26 heavy (non-hydrogen) atoms. The second-order valence-electron chi connectivity index (χ2n) is 7.10. The summed E-state index contributed by atoms with van der Waals surface area (Å²) >= 11 is 1.56. The molecule has 2 unspecified atom stereocenters. The molecule has 2 aliphatic rings. The lowest BCUT2D eigenvalue weighted by atomic mass is 9.81. The minimum absolute atomic E-state index is 0.0669. The standard InChI is InChI=1S/C18H19N5O2S/c1-25-15(24)18-6-2-5-13(18)9-22(11-18)17-21-23-10-14(20-16(23)26-17)12-4-3-7-19-8-12/h3-4,7-8,10,13H,2,5-6,9,11H2,1H3. The zero-order chi connectivity index (χ0) is 17.7. The van der Waals surface area contributed by atoms with Crippen molar-refractivity contribution in [3.05, 3.63) is 30.7 Å². The zero-order valence-electron chi connectivity index (χ0n) is 14.5. The number of hydrogen-bond donors (Lipinski definition) is 0. The van der Waals surface area contributed by atoms with Crippen molar-refractivity contribution in [3.63, 3.8) is 0 Å². The Kier molecular flexibility index (Phi) is 3.49. The summed E-state index contributed by atoms with van der Waals surface area (Å²) in [5, 5.41) is 5.63. The number of rotatable bonds is 3. The molecule has 4 heterocycles. The molecule has 0 spiro atoms. The van der Waals surface area contributed by atoms with E-state index < -0.39 is 0 Å². The van der Waals surface area contributed by atoms with Gasteiger partial charge in [-0.1, -0.05) is 17.8 Å². The molecule has 0 N–H and O–H groups in total. The van der Waals surface area contributed by atoms with Crippen LogP contribution < -0.4 is 4.90 Å². The molecule has 2 atom stereocenters. The number of ether oxygens (including phenoxy) is 1. The van der Waals surface area contributed by atoms with Gasteiger partial charge in [-0.2, -0.15) is 0 Å². The van der Waals surface area contributed by atoms with Crippen LogP contribution in [0.1, 0.15) is 19.3 Å². The fourth-order valence-electron chi connectivity index (χ4n) is 4.44. The van der Waals surface area contributed by atoms with Gasteiger partial charge in [-0.05, 0) is 30.9 Å². The third-order valence-corrected chi connectivity index (χ3v) is 6.71. The summed E-state index contributed by atoms with van der Waals surface area (Å²) in [7, 11) is 1.49. The Morgan fingerprint density at radius 3 is 3.15 bits per heavy atom.